The van der Waals surface area contributed by atoms with Gasteiger partial charge in [0.1, 0.15) is 8.07 Å². The van der Waals surface area contributed by atoms with Crippen molar-refractivity contribution in [2.24, 2.45) is 0 Å². The van der Waals surface area contributed by atoms with E-state index in [9.17, 15) is 4.79 Å². The van der Waals surface area contributed by atoms with Crippen molar-refractivity contribution in [3.63, 3.8) is 0 Å². The van der Waals surface area contributed by atoms with E-state index in [4.69, 9.17) is 0 Å². The van der Waals surface area contributed by atoms with E-state index >= 15 is 0 Å². The van der Waals surface area contributed by atoms with Gasteiger partial charge in [-0.25, -0.2) is 0 Å². The smallest absolute Gasteiger partial charge is 0.220 e. The highest BCUT2D eigenvalue weighted by atomic mass is 28.3. The largest absolute Gasteiger partial charge is 0.349 e. The van der Waals surface area contributed by atoms with Gasteiger partial charge in [-0.1, -0.05) is 151 Å². The number of rotatable bonds is 13. The summed E-state index contributed by atoms with van der Waals surface area (Å²) in [5, 5.41) is 6.36. The fourth-order valence-electron chi connectivity index (χ4n) is 5.58. The van der Waals surface area contributed by atoms with Gasteiger partial charge in [0.2, 0.25) is 5.91 Å². The fourth-order valence-corrected chi connectivity index (χ4v) is 10.7. The molecule has 0 aliphatic carbocycles. The van der Waals surface area contributed by atoms with Crippen LogP contribution in [0.5, 0.6) is 0 Å². The van der Waals surface area contributed by atoms with Crippen molar-refractivity contribution in [3.8, 4) is 0 Å². The maximum atomic E-state index is 13.3. The molecule has 4 rings (SSSR count). The van der Waals surface area contributed by atoms with E-state index in [1.54, 1.807) is 0 Å². The number of carbonyl (C=O) groups excluding carboxylic acids is 1. The second-order valence-corrected chi connectivity index (χ2v) is 14.8. The van der Waals surface area contributed by atoms with Crippen LogP contribution in [0.2, 0.25) is 12.1 Å². The average molecular weight is 520 g/mol. The Morgan fingerprint density at radius 2 is 1.24 bits per heavy atom. The molecule has 0 radical (unpaired) electrons. The maximum absolute atomic E-state index is 13.3. The van der Waals surface area contributed by atoms with Crippen molar-refractivity contribution in [1.82, 2.24) is 5.32 Å². The molecule has 1 amide bonds. The van der Waals surface area contributed by atoms with Gasteiger partial charge >= 0.3 is 0 Å². The van der Waals surface area contributed by atoms with E-state index in [-0.39, 0.29) is 11.9 Å². The lowest BCUT2D eigenvalue weighted by molar-refractivity contribution is -0.121. The number of nitrogens with one attached hydrogen (secondary N) is 1. The molecule has 3 heteroatoms. The molecule has 0 aromatic heterocycles. The van der Waals surface area contributed by atoms with Crippen molar-refractivity contribution in [2.45, 2.75) is 64.1 Å². The zero-order valence-electron chi connectivity index (χ0n) is 22.9. The van der Waals surface area contributed by atoms with Crippen molar-refractivity contribution in [1.29, 1.82) is 0 Å². The highest BCUT2D eigenvalue weighted by Gasteiger charge is 2.36. The van der Waals surface area contributed by atoms with E-state index in [1.165, 1.54) is 40.4 Å². The maximum Gasteiger partial charge on any atom is 0.220 e. The molecule has 0 saturated heterocycles. The number of unbranched alkanes of at least 4 members (excludes halogenated alkanes) is 1. The number of hydrogen-bond donors (Lipinski definition) is 1. The number of carbonyl (C=O) groups is 1. The van der Waals surface area contributed by atoms with Gasteiger partial charge in [-0.2, -0.15) is 0 Å². The van der Waals surface area contributed by atoms with Crippen LogP contribution in [0.15, 0.2) is 115 Å². The molecule has 0 saturated carbocycles. The lowest BCUT2D eigenvalue weighted by Gasteiger charge is -2.33. The number of amides is 1. The van der Waals surface area contributed by atoms with E-state index in [2.05, 4.69) is 128 Å². The summed E-state index contributed by atoms with van der Waals surface area (Å²) in [4.78, 5) is 13.3. The summed E-state index contributed by atoms with van der Waals surface area (Å²) >= 11 is 0. The molecule has 196 valence electrons. The molecule has 1 atom stereocenters. The van der Waals surface area contributed by atoms with Gasteiger partial charge in [-0.05, 0) is 43.0 Å². The minimum Gasteiger partial charge on any atom is -0.349 e. The predicted molar refractivity (Wildman–Crippen MR) is 164 cm³/mol. The normalized spacial score (nSPS) is 12.2. The van der Waals surface area contributed by atoms with Crippen LogP contribution < -0.4 is 15.7 Å². The van der Waals surface area contributed by atoms with Crippen LogP contribution in [0.25, 0.3) is 0 Å². The second kappa shape index (κ2) is 13.9. The van der Waals surface area contributed by atoms with Crippen molar-refractivity contribution < 1.29 is 4.79 Å². The van der Waals surface area contributed by atoms with Crippen LogP contribution in [-0.4, -0.2) is 14.0 Å². The van der Waals surface area contributed by atoms with Crippen LogP contribution in [0, 0.1) is 6.92 Å². The standard InChI is InChI=1S/C35H41NOSi/c1-3-4-26-38(32-17-10-6-11-18-32,33-19-12-7-13-20-33)27-14-21-35(37)36-34(31-15-8-5-9-16-31)28-30-24-22-29(2)23-25-30/h5-13,15-20,22-25,34H,3-4,14,21,26-28H2,1-2H3,(H,36,37). The first-order valence-electron chi connectivity index (χ1n) is 14.1. The number of aryl methyl sites for hydroxylation is 1. The highest BCUT2D eigenvalue weighted by Crippen LogP contribution is 2.24. The molecule has 0 heterocycles. The summed E-state index contributed by atoms with van der Waals surface area (Å²) in [6.45, 7) is 4.38. The molecule has 2 nitrogen and oxygen atoms in total. The van der Waals surface area contributed by atoms with Crippen LogP contribution in [0.3, 0.4) is 0 Å². The molecule has 1 unspecified atom stereocenters. The zero-order chi connectivity index (χ0) is 26.6. The van der Waals surface area contributed by atoms with Gasteiger partial charge in [0.05, 0.1) is 6.04 Å². The summed E-state index contributed by atoms with van der Waals surface area (Å²) in [5.74, 6) is 0.144. The molecule has 0 fully saturated rings. The highest BCUT2D eigenvalue weighted by molar-refractivity contribution is 7.02. The SMILES string of the molecule is CCCC[Si](CCCC(=O)NC(Cc1ccc(C)cc1)c1ccccc1)(c1ccccc1)c1ccccc1. The minimum absolute atomic E-state index is 0.0308. The Morgan fingerprint density at radius 3 is 1.79 bits per heavy atom. The van der Waals surface area contributed by atoms with Gasteiger partial charge in [-0.15, -0.1) is 0 Å². The Morgan fingerprint density at radius 1 is 0.711 bits per heavy atom. The molecule has 0 aliphatic heterocycles. The quantitative estimate of drug-likeness (QED) is 0.185. The van der Waals surface area contributed by atoms with Crippen LogP contribution in [0.4, 0.5) is 0 Å². The number of benzene rings is 4. The molecule has 0 spiro atoms. The summed E-state index contributed by atoms with van der Waals surface area (Å²) < 4.78 is 0. The van der Waals surface area contributed by atoms with Gasteiger partial charge in [0, 0.05) is 6.42 Å². The van der Waals surface area contributed by atoms with Gasteiger partial charge < -0.3 is 5.32 Å². The van der Waals surface area contributed by atoms with Gasteiger partial charge in [0.15, 0.2) is 0 Å². The van der Waals surface area contributed by atoms with Gasteiger partial charge in [-0.3, -0.25) is 4.79 Å². The van der Waals surface area contributed by atoms with Crippen LogP contribution in [-0.2, 0) is 11.2 Å². The van der Waals surface area contributed by atoms with Gasteiger partial charge in [0.25, 0.3) is 0 Å². The third-order valence-electron chi connectivity index (χ3n) is 7.71. The molecule has 0 aliphatic rings. The second-order valence-electron chi connectivity index (χ2n) is 10.5. The van der Waals surface area contributed by atoms with Crippen molar-refractivity contribution in [2.75, 3.05) is 0 Å². The summed E-state index contributed by atoms with van der Waals surface area (Å²) in [7, 11) is -1.99. The third kappa shape index (κ3) is 7.32. The Labute approximate surface area is 230 Å². The van der Waals surface area contributed by atoms with E-state index in [1.807, 2.05) is 6.07 Å². The lowest BCUT2D eigenvalue weighted by atomic mass is 9.98. The lowest BCUT2D eigenvalue weighted by Crippen LogP contribution is -2.58. The predicted octanol–water partition coefficient (Wildman–Crippen LogP) is 7.24. The van der Waals surface area contributed by atoms with Crippen molar-refractivity contribution >= 4 is 24.4 Å². The van der Waals surface area contributed by atoms with E-state index in [0.717, 1.165) is 24.4 Å². The summed E-state index contributed by atoms with van der Waals surface area (Å²) in [5.41, 5.74) is 3.65. The molecular formula is C35H41NOSi. The first kappa shape index (κ1) is 27.6. The Bertz CT molecular complexity index is 1200. The first-order chi connectivity index (χ1) is 18.6. The first-order valence-corrected chi connectivity index (χ1v) is 16.5. The average Bonchev–Trinajstić information content (AvgIpc) is 2.97. The Kier molecular flexibility index (Phi) is 10.1. The zero-order valence-corrected chi connectivity index (χ0v) is 23.9. The molecule has 1 N–H and O–H groups in total. The topological polar surface area (TPSA) is 29.1 Å². The molecule has 0 bridgehead atoms. The molecule has 4 aromatic rings. The Hall–Kier alpha value is -3.43. The summed E-state index contributed by atoms with van der Waals surface area (Å²) in [6, 6.07) is 43.5. The summed E-state index contributed by atoms with van der Waals surface area (Å²) in [6.07, 6.45) is 4.65. The third-order valence-corrected chi connectivity index (χ3v) is 13.0. The fraction of sp³-hybridized carbons (Fsp3) is 0.286. The van der Waals surface area contributed by atoms with Crippen LogP contribution >= 0.6 is 0 Å². The minimum atomic E-state index is -1.99. The van der Waals surface area contributed by atoms with Crippen LogP contribution in [0.1, 0.15) is 55.3 Å². The molecule has 38 heavy (non-hydrogen) atoms. The van der Waals surface area contributed by atoms with Crippen molar-refractivity contribution in [3.05, 3.63) is 132 Å². The van der Waals surface area contributed by atoms with E-state index in [0.29, 0.717) is 6.42 Å². The van der Waals surface area contributed by atoms with E-state index < -0.39 is 8.07 Å². The number of hydrogen-bond acceptors (Lipinski definition) is 1. The monoisotopic (exact) mass is 519 g/mol. The molecule has 4 aromatic carbocycles. The Balaban J connectivity index is 1.49. The molecular weight excluding hydrogens is 478 g/mol.